The van der Waals surface area contributed by atoms with Crippen LogP contribution in [0.3, 0.4) is 0 Å². The summed E-state index contributed by atoms with van der Waals surface area (Å²) in [6, 6.07) is 13.5. The maximum Gasteiger partial charge on any atom is 0.246 e. The Bertz CT molecular complexity index is 1060. The Morgan fingerprint density at radius 3 is 2.86 bits per heavy atom. The molecular formula is C22H22N4O3. The first-order chi connectivity index (χ1) is 14.1. The zero-order chi connectivity index (χ0) is 20.6. The zero-order valence-corrected chi connectivity index (χ0v) is 16.2. The standard InChI is InChI=1S/C22H22N4O3/c1-25(16-21(27)24-14-18-6-4-13-29-18)22(28)10-9-17-15-26(12-5-11-23)20-8-3-2-7-19(17)20/h2-4,6-10,13,15H,5,12,14,16H2,1H3,(H,24,27). The van der Waals surface area contributed by atoms with Crippen LogP contribution in [0.15, 0.2) is 59.4 Å². The number of nitriles is 1. The number of aromatic nitrogens is 1. The molecule has 0 unspecified atom stereocenters. The monoisotopic (exact) mass is 390 g/mol. The smallest absolute Gasteiger partial charge is 0.246 e. The number of aryl methyl sites for hydroxylation is 1. The molecular weight excluding hydrogens is 368 g/mol. The molecule has 0 aliphatic rings. The van der Waals surface area contributed by atoms with Gasteiger partial charge in [0.15, 0.2) is 0 Å². The Labute approximate surface area is 168 Å². The number of hydrogen-bond donors (Lipinski definition) is 1. The molecule has 0 spiro atoms. The molecule has 1 aromatic carbocycles. The van der Waals surface area contributed by atoms with Gasteiger partial charge in [-0.3, -0.25) is 9.59 Å². The summed E-state index contributed by atoms with van der Waals surface area (Å²) < 4.78 is 7.17. The number of nitrogens with zero attached hydrogens (tertiary/aromatic N) is 3. The molecule has 2 aromatic heterocycles. The van der Waals surface area contributed by atoms with Crippen LogP contribution in [-0.2, 0) is 22.7 Å². The summed E-state index contributed by atoms with van der Waals surface area (Å²) in [5, 5.41) is 12.6. The molecule has 2 heterocycles. The molecule has 0 aliphatic carbocycles. The first-order valence-electron chi connectivity index (χ1n) is 9.25. The summed E-state index contributed by atoms with van der Waals surface area (Å²) >= 11 is 0. The Balaban J connectivity index is 1.62. The van der Waals surface area contributed by atoms with E-state index in [1.165, 1.54) is 11.0 Å². The highest BCUT2D eigenvalue weighted by Gasteiger charge is 2.12. The summed E-state index contributed by atoms with van der Waals surface area (Å²) in [6.07, 6.45) is 7.08. The van der Waals surface area contributed by atoms with E-state index in [0.717, 1.165) is 16.5 Å². The van der Waals surface area contributed by atoms with Crippen LogP contribution in [-0.4, -0.2) is 34.9 Å². The molecule has 2 amide bonds. The second kappa shape index (κ2) is 9.42. The van der Waals surface area contributed by atoms with Crippen molar-refractivity contribution >= 4 is 28.8 Å². The predicted octanol–water partition coefficient (Wildman–Crippen LogP) is 2.94. The van der Waals surface area contributed by atoms with Crippen molar-refractivity contribution < 1.29 is 14.0 Å². The van der Waals surface area contributed by atoms with Crippen molar-refractivity contribution in [3.63, 3.8) is 0 Å². The van der Waals surface area contributed by atoms with Crippen LogP contribution in [0.2, 0.25) is 0 Å². The van der Waals surface area contributed by atoms with Crippen molar-refractivity contribution in [3.8, 4) is 6.07 Å². The second-order valence-corrected chi connectivity index (χ2v) is 6.59. The third kappa shape index (κ3) is 5.14. The highest BCUT2D eigenvalue weighted by molar-refractivity contribution is 5.97. The van der Waals surface area contributed by atoms with Gasteiger partial charge in [0.25, 0.3) is 0 Å². The summed E-state index contributed by atoms with van der Waals surface area (Å²) in [4.78, 5) is 25.7. The van der Waals surface area contributed by atoms with E-state index in [-0.39, 0.29) is 24.9 Å². The molecule has 148 valence electrons. The van der Waals surface area contributed by atoms with Crippen LogP contribution in [0.25, 0.3) is 17.0 Å². The van der Waals surface area contributed by atoms with Gasteiger partial charge >= 0.3 is 0 Å². The number of amides is 2. The molecule has 0 saturated carbocycles. The molecule has 7 nitrogen and oxygen atoms in total. The fourth-order valence-electron chi connectivity index (χ4n) is 3.00. The molecule has 7 heteroatoms. The van der Waals surface area contributed by atoms with Crippen LogP contribution >= 0.6 is 0 Å². The maximum absolute atomic E-state index is 12.4. The van der Waals surface area contributed by atoms with Gasteiger partial charge in [0.2, 0.25) is 11.8 Å². The molecule has 0 aliphatic heterocycles. The van der Waals surface area contributed by atoms with Crippen LogP contribution in [0, 0.1) is 11.3 Å². The first kappa shape index (κ1) is 20.0. The lowest BCUT2D eigenvalue weighted by Crippen LogP contribution is -2.37. The Hall–Kier alpha value is -3.79. The second-order valence-electron chi connectivity index (χ2n) is 6.59. The van der Waals surface area contributed by atoms with Crippen LogP contribution < -0.4 is 5.32 Å². The topological polar surface area (TPSA) is 91.3 Å². The number of carbonyl (C=O) groups is 2. The minimum Gasteiger partial charge on any atom is -0.467 e. The Kier molecular flexibility index (Phi) is 6.48. The predicted molar refractivity (Wildman–Crippen MR) is 109 cm³/mol. The number of furan rings is 1. The van der Waals surface area contributed by atoms with Gasteiger partial charge in [0.1, 0.15) is 5.76 Å². The molecule has 0 bridgehead atoms. The number of fused-ring (bicyclic) bond motifs is 1. The van der Waals surface area contributed by atoms with Gasteiger partial charge in [0.05, 0.1) is 31.8 Å². The first-order valence-corrected chi connectivity index (χ1v) is 9.25. The largest absolute Gasteiger partial charge is 0.467 e. The maximum atomic E-state index is 12.4. The van der Waals surface area contributed by atoms with Gasteiger partial charge in [-0.25, -0.2) is 0 Å². The van der Waals surface area contributed by atoms with Crippen molar-refractivity contribution in [2.45, 2.75) is 19.5 Å². The molecule has 3 aromatic rings. The highest BCUT2D eigenvalue weighted by atomic mass is 16.3. The minimum atomic E-state index is -0.271. The number of nitrogens with one attached hydrogen (secondary N) is 1. The van der Waals surface area contributed by atoms with E-state index in [9.17, 15) is 9.59 Å². The highest BCUT2D eigenvalue weighted by Crippen LogP contribution is 2.22. The molecule has 0 radical (unpaired) electrons. The van der Waals surface area contributed by atoms with Crippen molar-refractivity contribution in [3.05, 3.63) is 66.3 Å². The third-order valence-corrected chi connectivity index (χ3v) is 4.49. The Morgan fingerprint density at radius 1 is 1.28 bits per heavy atom. The van der Waals surface area contributed by atoms with E-state index in [1.54, 1.807) is 31.5 Å². The average molecular weight is 390 g/mol. The fraction of sp³-hybridized carbons (Fsp3) is 0.227. The summed E-state index contributed by atoms with van der Waals surface area (Å²) in [6.45, 7) is 0.828. The van der Waals surface area contributed by atoms with E-state index in [1.807, 2.05) is 35.0 Å². The number of benzene rings is 1. The normalized spacial score (nSPS) is 10.9. The molecule has 0 fully saturated rings. The summed E-state index contributed by atoms with van der Waals surface area (Å²) in [5.41, 5.74) is 1.91. The molecule has 1 N–H and O–H groups in total. The van der Waals surface area contributed by atoms with Crippen LogP contribution in [0.5, 0.6) is 0 Å². The van der Waals surface area contributed by atoms with Crippen molar-refractivity contribution in [2.75, 3.05) is 13.6 Å². The van der Waals surface area contributed by atoms with Crippen LogP contribution in [0.1, 0.15) is 17.7 Å². The van der Waals surface area contributed by atoms with E-state index < -0.39 is 0 Å². The van der Waals surface area contributed by atoms with Gasteiger partial charge in [0, 0.05) is 42.3 Å². The zero-order valence-electron chi connectivity index (χ0n) is 16.2. The Morgan fingerprint density at radius 2 is 2.10 bits per heavy atom. The van der Waals surface area contributed by atoms with Gasteiger partial charge in [-0.2, -0.15) is 5.26 Å². The lowest BCUT2D eigenvalue weighted by Gasteiger charge is -2.14. The lowest BCUT2D eigenvalue weighted by molar-refractivity contribution is -0.131. The van der Waals surface area contributed by atoms with Gasteiger partial charge < -0.3 is 19.2 Å². The molecule has 29 heavy (non-hydrogen) atoms. The van der Waals surface area contributed by atoms with Crippen molar-refractivity contribution in [2.24, 2.45) is 0 Å². The number of carbonyl (C=O) groups excluding carboxylic acids is 2. The number of likely N-dealkylation sites (N-methyl/N-ethyl adjacent to an activating group) is 1. The van der Waals surface area contributed by atoms with E-state index >= 15 is 0 Å². The fourth-order valence-corrected chi connectivity index (χ4v) is 3.00. The SMILES string of the molecule is CN(CC(=O)NCc1ccco1)C(=O)C=Cc1cn(CCC#N)c2ccccc12. The summed E-state index contributed by atoms with van der Waals surface area (Å²) in [7, 11) is 1.58. The molecule has 0 atom stereocenters. The third-order valence-electron chi connectivity index (χ3n) is 4.49. The quantitative estimate of drug-likeness (QED) is 0.599. The van der Waals surface area contributed by atoms with Gasteiger partial charge in [-0.15, -0.1) is 0 Å². The average Bonchev–Trinajstić information content (AvgIpc) is 3.37. The van der Waals surface area contributed by atoms with Crippen molar-refractivity contribution in [1.82, 2.24) is 14.8 Å². The number of para-hydroxylation sites is 1. The lowest BCUT2D eigenvalue weighted by atomic mass is 10.1. The minimum absolute atomic E-state index is 0.0478. The number of rotatable bonds is 8. The van der Waals surface area contributed by atoms with E-state index in [2.05, 4.69) is 11.4 Å². The summed E-state index contributed by atoms with van der Waals surface area (Å²) in [5.74, 6) is 0.116. The van der Waals surface area contributed by atoms with E-state index in [4.69, 9.17) is 9.68 Å². The van der Waals surface area contributed by atoms with Gasteiger partial charge in [-0.05, 0) is 24.3 Å². The number of hydrogen-bond acceptors (Lipinski definition) is 4. The van der Waals surface area contributed by atoms with Crippen LogP contribution in [0.4, 0.5) is 0 Å². The molecule has 3 rings (SSSR count). The molecule has 0 saturated heterocycles. The van der Waals surface area contributed by atoms with Gasteiger partial charge in [-0.1, -0.05) is 18.2 Å². The van der Waals surface area contributed by atoms with E-state index in [0.29, 0.717) is 18.7 Å². The van der Waals surface area contributed by atoms with Crippen molar-refractivity contribution in [1.29, 1.82) is 5.26 Å².